The Balaban J connectivity index is 2.56. The van der Waals surface area contributed by atoms with Crippen LogP contribution in [0, 0.1) is 5.92 Å². The molecule has 0 saturated heterocycles. The highest BCUT2D eigenvalue weighted by molar-refractivity contribution is 5.73. The van der Waals surface area contributed by atoms with Crippen LogP contribution in [-0.2, 0) is 17.6 Å². The first-order valence-corrected chi connectivity index (χ1v) is 6.96. The van der Waals surface area contributed by atoms with E-state index in [9.17, 15) is 9.90 Å². The maximum Gasteiger partial charge on any atom is 0.321 e. The highest BCUT2D eigenvalue weighted by atomic mass is 16.4. The lowest BCUT2D eigenvalue weighted by molar-refractivity contribution is -0.144. The van der Waals surface area contributed by atoms with Gasteiger partial charge < -0.3 is 5.11 Å². The van der Waals surface area contributed by atoms with Crippen molar-refractivity contribution < 1.29 is 9.90 Å². The lowest BCUT2D eigenvalue weighted by Crippen LogP contribution is -2.43. The summed E-state index contributed by atoms with van der Waals surface area (Å²) in [5.41, 5.74) is 2.60. The van der Waals surface area contributed by atoms with Crippen molar-refractivity contribution in [2.24, 2.45) is 5.92 Å². The van der Waals surface area contributed by atoms with Gasteiger partial charge in [0.1, 0.15) is 6.04 Å². The van der Waals surface area contributed by atoms with Crippen LogP contribution in [0.2, 0.25) is 0 Å². The van der Waals surface area contributed by atoms with E-state index in [4.69, 9.17) is 0 Å². The molecule has 1 aromatic rings. The van der Waals surface area contributed by atoms with Crippen LogP contribution in [0.15, 0.2) is 24.3 Å². The van der Waals surface area contributed by atoms with Gasteiger partial charge in [0.05, 0.1) is 0 Å². The largest absolute Gasteiger partial charge is 0.480 e. The molecule has 1 aromatic carbocycles. The number of likely N-dealkylation sites (N-methyl/N-ethyl adjacent to an activating group) is 1. The zero-order valence-electron chi connectivity index (χ0n) is 12.4. The second-order valence-electron chi connectivity index (χ2n) is 5.43. The number of hydrogen-bond donors (Lipinski definition) is 1. The van der Waals surface area contributed by atoms with Gasteiger partial charge in [0, 0.05) is 6.54 Å². The average Bonchev–Trinajstić information content (AvgIpc) is 2.36. The van der Waals surface area contributed by atoms with E-state index in [2.05, 4.69) is 31.2 Å². The molecule has 1 N–H and O–H groups in total. The number of hydrogen-bond acceptors (Lipinski definition) is 2. The van der Waals surface area contributed by atoms with Crippen LogP contribution in [0.5, 0.6) is 0 Å². The molecule has 0 amide bonds. The molecule has 0 fully saturated rings. The van der Waals surface area contributed by atoms with E-state index in [1.165, 1.54) is 11.1 Å². The Morgan fingerprint density at radius 2 is 1.74 bits per heavy atom. The SMILES string of the molecule is CCc1ccc(CCN(C)C(C(=O)O)C(C)C)cc1. The summed E-state index contributed by atoms with van der Waals surface area (Å²) in [6.07, 6.45) is 1.94. The summed E-state index contributed by atoms with van der Waals surface area (Å²) >= 11 is 0. The van der Waals surface area contributed by atoms with Crippen molar-refractivity contribution in [3.05, 3.63) is 35.4 Å². The summed E-state index contributed by atoms with van der Waals surface area (Å²) in [5.74, 6) is -0.621. The van der Waals surface area contributed by atoms with Gasteiger partial charge in [-0.3, -0.25) is 9.69 Å². The van der Waals surface area contributed by atoms with Gasteiger partial charge in [0.25, 0.3) is 0 Å². The normalized spacial score (nSPS) is 12.9. The molecule has 1 atom stereocenters. The number of benzene rings is 1. The topological polar surface area (TPSA) is 40.5 Å². The van der Waals surface area contributed by atoms with Gasteiger partial charge in [-0.05, 0) is 36.9 Å². The van der Waals surface area contributed by atoms with E-state index in [1.807, 2.05) is 25.8 Å². The number of carboxylic acid groups (broad SMARTS) is 1. The Bertz CT molecular complexity index is 398. The predicted octanol–water partition coefficient (Wildman–Crippen LogP) is 2.83. The van der Waals surface area contributed by atoms with Gasteiger partial charge in [-0.1, -0.05) is 45.0 Å². The van der Waals surface area contributed by atoms with E-state index in [1.54, 1.807) is 0 Å². The highest BCUT2D eigenvalue weighted by Crippen LogP contribution is 2.11. The molecule has 3 nitrogen and oxygen atoms in total. The molecule has 1 rings (SSSR count). The second-order valence-corrected chi connectivity index (χ2v) is 5.43. The summed E-state index contributed by atoms with van der Waals surface area (Å²) in [4.78, 5) is 13.2. The van der Waals surface area contributed by atoms with Crippen LogP contribution in [0.1, 0.15) is 31.9 Å². The molecule has 0 aromatic heterocycles. The van der Waals surface area contributed by atoms with Gasteiger partial charge in [-0.25, -0.2) is 0 Å². The molecule has 0 spiro atoms. The zero-order valence-corrected chi connectivity index (χ0v) is 12.4. The predicted molar refractivity (Wildman–Crippen MR) is 78.4 cm³/mol. The van der Waals surface area contributed by atoms with Gasteiger partial charge in [-0.15, -0.1) is 0 Å². The molecule has 19 heavy (non-hydrogen) atoms. The monoisotopic (exact) mass is 263 g/mol. The van der Waals surface area contributed by atoms with Crippen LogP contribution < -0.4 is 0 Å². The third-order valence-corrected chi connectivity index (χ3v) is 3.54. The number of nitrogens with zero attached hydrogens (tertiary/aromatic N) is 1. The highest BCUT2D eigenvalue weighted by Gasteiger charge is 2.25. The van der Waals surface area contributed by atoms with Crippen molar-refractivity contribution in [3.8, 4) is 0 Å². The smallest absolute Gasteiger partial charge is 0.321 e. The average molecular weight is 263 g/mol. The van der Waals surface area contributed by atoms with Gasteiger partial charge in [0.2, 0.25) is 0 Å². The minimum atomic E-state index is -0.737. The summed E-state index contributed by atoms with van der Waals surface area (Å²) in [7, 11) is 1.89. The molecule has 0 bridgehead atoms. The minimum Gasteiger partial charge on any atom is -0.480 e. The minimum absolute atomic E-state index is 0.116. The van der Waals surface area contributed by atoms with Gasteiger partial charge in [0.15, 0.2) is 0 Å². The van der Waals surface area contributed by atoms with Crippen molar-refractivity contribution in [1.82, 2.24) is 4.90 Å². The fraction of sp³-hybridized carbons (Fsp3) is 0.562. The Labute approximate surface area is 116 Å². The molecule has 106 valence electrons. The van der Waals surface area contributed by atoms with Crippen molar-refractivity contribution in [2.45, 2.75) is 39.7 Å². The molecule has 0 aliphatic carbocycles. The summed E-state index contributed by atoms with van der Waals surface area (Å²) in [6.45, 7) is 6.81. The van der Waals surface area contributed by atoms with E-state index >= 15 is 0 Å². The lowest BCUT2D eigenvalue weighted by atomic mass is 10.0. The van der Waals surface area contributed by atoms with Crippen molar-refractivity contribution in [3.63, 3.8) is 0 Å². The quantitative estimate of drug-likeness (QED) is 0.822. The number of rotatable bonds is 7. The molecule has 0 aliphatic heterocycles. The van der Waals surface area contributed by atoms with E-state index in [-0.39, 0.29) is 5.92 Å². The molecular formula is C16H25NO2. The van der Waals surface area contributed by atoms with Gasteiger partial charge >= 0.3 is 5.97 Å². The number of aryl methyl sites for hydroxylation is 1. The fourth-order valence-corrected chi connectivity index (χ4v) is 2.37. The van der Waals surface area contributed by atoms with E-state index < -0.39 is 12.0 Å². The lowest BCUT2D eigenvalue weighted by Gasteiger charge is -2.27. The van der Waals surface area contributed by atoms with Crippen LogP contribution >= 0.6 is 0 Å². The van der Waals surface area contributed by atoms with E-state index in [0.29, 0.717) is 0 Å². The van der Waals surface area contributed by atoms with Crippen molar-refractivity contribution in [2.75, 3.05) is 13.6 Å². The fourth-order valence-electron chi connectivity index (χ4n) is 2.37. The number of aliphatic carboxylic acids is 1. The summed E-state index contributed by atoms with van der Waals surface area (Å²) < 4.78 is 0. The van der Waals surface area contributed by atoms with Gasteiger partial charge in [-0.2, -0.15) is 0 Å². The van der Waals surface area contributed by atoms with E-state index in [0.717, 1.165) is 19.4 Å². The second kappa shape index (κ2) is 7.29. The molecule has 0 radical (unpaired) electrons. The maximum absolute atomic E-state index is 11.2. The number of carboxylic acids is 1. The molecule has 0 heterocycles. The molecule has 0 saturated carbocycles. The first-order valence-electron chi connectivity index (χ1n) is 6.96. The molecule has 1 unspecified atom stereocenters. The first kappa shape index (κ1) is 15.7. The Morgan fingerprint density at radius 1 is 1.21 bits per heavy atom. The van der Waals surface area contributed by atoms with Crippen molar-refractivity contribution >= 4 is 5.97 Å². The van der Waals surface area contributed by atoms with Crippen LogP contribution in [-0.4, -0.2) is 35.6 Å². The molecule has 0 aliphatic rings. The van der Waals surface area contributed by atoms with Crippen LogP contribution in [0.4, 0.5) is 0 Å². The summed E-state index contributed by atoms with van der Waals surface area (Å²) in [5, 5.41) is 9.24. The first-order chi connectivity index (χ1) is 8.95. The zero-order chi connectivity index (χ0) is 14.4. The van der Waals surface area contributed by atoms with Crippen LogP contribution in [0.3, 0.4) is 0 Å². The third kappa shape index (κ3) is 4.67. The Hall–Kier alpha value is -1.35. The third-order valence-electron chi connectivity index (χ3n) is 3.54. The standard InChI is InChI=1S/C16H25NO2/c1-5-13-6-8-14(9-7-13)10-11-17(4)15(12(2)3)16(18)19/h6-9,12,15H,5,10-11H2,1-4H3,(H,18,19). The maximum atomic E-state index is 11.2. The Kier molecular flexibility index (Phi) is 6.03. The molecular weight excluding hydrogens is 238 g/mol. The molecule has 3 heteroatoms. The van der Waals surface area contributed by atoms with Crippen LogP contribution in [0.25, 0.3) is 0 Å². The number of carbonyl (C=O) groups is 1. The summed E-state index contributed by atoms with van der Waals surface area (Å²) in [6, 6.07) is 8.16. The van der Waals surface area contributed by atoms with Crippen molar-refractivity contribution in [1.29, 1.82) is 0 Å². The Morgan fingerprint density at radius 3 is 2.16 bits per heavy atom.